The molecule has 0 saturated carbocycles. The van der Waals surface area contributed by atoms with Gasteiger partial charge in [-0.2, -0.15) is 10.5 Å². The van der Waals surface area contributed by atoms with Gasteiger partial charge in [0.25, 0.3) is 0 Å². The van der Waals surface area contributed by atoms with E-state index < -0.39 is 11.9 Å². The number of hydrogen-bond acceptors (Lipinski definition) is 5. The van der Waals surface area contributed by atoms with Gasteiger partial charge in [-0.25, -0.2) is 4.79 Å². The Balaban J connectivity index is 4.37. The predicted octanol–water partition coefficient (Wildman–Crippen LogP) is 0.205. The molecule has 0 unspecified atom stereocenters. The number of carbonyl (C=O) groups excluding carboxylic acids is 2. The summed E-state index contributed by atoms with van der Waals surface area (Å²) in [6.45, 7) is 1.99. The Bertz CT molecular complexity index is 309. The molecular weight excluding hydrogens is 210 g/mol. The normalized spacial score (nSPS) is 8.69. The molecule has 0 fully saturated rings. The highest BCUT2D eigenvalue weighted by Crippen LogP contribution is 1.97. The summed E-state index contributed by atoms with van der Waals surface area (Å²) < 4.78 is 4.55. The molecule has 1 amide bonds. The zero-order chi connectivity index (χ0) is 12.4. The Morgan fingerprint density at radius 2 is 1.69 bits per heavy atom. The lowest BCUT2D eigenvalue weighted by atomic mass is 10.3. The van der Waals surface area contributed by atoms with Crippen LogP contribution in [0.25, 0.3) is 0 Å². The molecule has 6 heteroatoms. The van der Waals surface area contributed by atoms with Crippen molar-refractivity contribution in [2.45, 2.75) is 19.8 Å². The van der Waals surface area contributed by atoms with Crippen molar-refractivity contribution in [3.05, 3.63) is 0 Å². The van der Waals surface area contributed by atoms with Gasteiger partial charge < -0.3 is 9.64 Å². The quantitative estimate of drug-likeness (QED) is 0.490. The maximum atomic E-state index is 11.5. The summed E-state index contributed by atoms with van der Waals surface area (Å²) in [5.74, 6) is -1.74. The van der Waals surface area contributed by atoms with Crippen LogP contribution in [0.4, 0.5) is 0 Å². The number of amides is 1. The van der Waals surface area contributed by atoms with Gasteiger partial charge in [-0.05, 0) is 6.92 Å². The fourth-order valence-corrected chi connectivity index (χ4v) is 1.01. The van der Waals surface area contributed by atoms with Crippen molar-refractivity contribution in [2.75, 3.05) is 19.7 Å². The average Bonchev–Trinajstić information content (AvgIpc) is 2.29. The zero-order valence-electron chi connectivity index (χ0n) is 9.10. The second-order valence-corrected chi connectivity index (χ2v) is 2.83. The Morgan fingerprint density at radius 3 is 2.06 bits per heavy atom. The first-order chi connectivity index (χ1) is 7.67. The van der Waals surface area contributed by atoms with Crippen molar-refractivity contribution >= 4 is 11.9 Å². The van der Waals surface area contributed by atoms with Gasteiger partial charge in [0.1, 0.15) is 0 Å². The van der Waals surface area contributed by atoms with E-state index in [1.807, 2.05) is 12.1 Å². The van der Waals surface area contributed by atoms with E-state index >= 15 is 0 Å². The third kappa shape index (κ3) is 4.97. The van der Waals surface area contributed by atoms with Crippen LogP contribution in [0.2, 0.25) is 0 Å². The second-order valence-electron chi connectivity index (χ2n) is 2.83. The molecule has 16 heavy (non-hydrogen) atoms. The average molecular weight is 223 g/mol. The number of carbonyl (C=O) groups is 2. The first kappa shape index (κ1) is 13.9. The number of rotatable bonds is 5. The van der Waals surface area contributed by atoms with Gasteiger partial charge in [0, 0.05) is 13.1 Å². The molecule has 86 valence electrons. The van der Waals surface area contributed by atoms with Gasteiger partial charge >= 0.3 is 11.9 Å². The summed E-state index contributed by atoms with van der Waals surface area (Å²) in [4.78, 5) is 23.8. The number of nitrogens with zero attached hydrogens (tertiary/aromatic N) is 3. The minimum atomic E-state index is -0.946. The van der Waals surface area contributed by atoms with E-state index in [4.69, 9.17) is 10.5 Å². The van der Waals surface area contributed by atoms with Crippen LogP contribution in [0.3, 0.4) is 0 Å². The molecule has 0 aliphatic heterocycles. The highest BCUT2D eigenvalue weighted by Gasteiger charge is 2.22. The van der Waals surface area contributed by atoms with E-state index in [0.29, 0.717) is 0 Å². The molecule has 0 N–H and O–H groups in total. The van der Waals surface area contributed by atoms with E-state index in [1.54, 1.807) is 6.92 Å². The van der Waals surface area contributed by atoms with Crippen LogP contribution in [-0.4, -0.2) is 36.5 Å². The van der Waals surface area contributed by atoms with Crippen molar-refractivity contribution in [1.29, 1.82) is 10.5 Å². The van der Waals surface area contributed by atoms with Gasteiger partial charge in [-0.15, -0.1) is 0 Å². The summed E-state index contributed by atoms with van der Waals surface area (Å²) in [5.41, 5.74) is 0. The van der Waals surface area contributed by atoms with Crippen LogP contribution in [0.1, 0.15) is 19.8 Å². The van der Waals surface area contributed by atoms with Crippen molar-refractivity contribution in [3.8, 4) is 12.1 Å². The van der Waals surface area contributed by atoms with Crippen LogP contribution in [0, 0.1) is 22.7 Å². The van der Waals surface area contributed by atoms with Crippen molar-refractivity contribution in [2.24, 2.45) is 0 Å². The van der Waals surface area contributed by atoms with E-state index in [0.717, 1.165) is 4.90 Å². The Morgan fingerprint density at radius 1 is 1.19 bits per heavy atom. The molecule has 0 bridgehead atoms. The molecule has 0 atom stereocenters. The third-order valence-electron chi connectivity index (χ3n) is 1.72. The minimum Gasteiger partial charge on any atom is -0.459 e. The molecule has 0 aliphatic carbocycles. The maximum Gasteiger partial charge on any atom is 0.397 e. The molecule has 0 aromatic rings. The molecule has 0 aliphatic rings. The van der Waals surface area contributed by atoms with Gasteiger partial charge in [-0.3, -0.25) is 4.79 Å². The second kappa shape index (κ2) is 8.25. The van der Waals surface area contributed by atoms with Crippen molar-refractivity contribution < 1.29 is 14.3 Å². The van der Waals surface area contributed by atoms with E-state index in [9.17, 15) is 9.59 Å². The monoisotopic (exact) mass is 223 g/mol. The molecular formula is C10H13N3O3. The zero-order valence-corrected chi connectivity index (χ0v) is 9.10. The van der Waals surface area contributed by atoms with Crippen LogP contribution < -0.4 is 0 Å². The summed E-state index contributed by atoms with van der Waals surface area (Å²) >= 11 is 0. The van der Waals surface area contributed by atoms with E-state index in [2.05, 4.69) is 4.74 Å². The maximum absolute atomic E-state index is 11.5. The molecule has 0 aromatic carbocycles. The van der Waals surface area contributed by atoms with Crippen molar-refractivity contribution in [1.82, 2.24) is 4.90 Å². The topological polar surface area (TPSA) is 94.2 Å². The summed E-state index contributed by atoms with van der Waals surface area (Å²) in [6.07, 6.45) is 0.243. The van der Waals surface area contributed by atoms with Crippen LogP contribution >= 0.6 is 0 Å². The van der Waals surface area contributed by atoms with Crippen LogP contribution in [-0.2, 0) is 14.3 Å². The minimum absolute atomic E-state index is 0.120. The highest BCUT2D eigenvalue weighted by atomic mass is 16.5. The fourth-order valence-electron chi connectivity index (χ4n) is 1.01. The van der Waals surface area contributed by atoms with Gasteiger partial charge in [-0.1, -0.05) is 0 Å². The first-order valence-electron chi connectivity index (χ1n) is 4.87. The SMILES string of the molecule is CCOC(=O)C(=O)N(CCC#N)CCC#N. The molecule has 0 spiro atoms. The Kier molecular flexibility index (Phi) is 7.17. The van der Waals surface area contributed by atoms with Gasteiger partial charge in [0.2, 0.25) is 0 Å². The number of esters is 1. The lowest BCUT2D eigenvalue weighted by Crippen LogP contribution is -2.38. The largest absolute Gasteiger partial charge is 0.459 e. The summed E-state index contributed by atoms with van der Waals surface area (Å²) in [5, 5.41) is 16.8. The fraction of sp³-hybridized carbons (Fsp3) is 0.600. The molecule has 0 saturated heterocycles. The van der Waals surface area contributed by atoms with Crippen LogP contribution in [0.15, 0.2) is 0 Å². The lowest BCUT2D eigenvalue weighted by molar-refractivity contribution is -0.159. The smallest absolute Gasteiger partial charge is 0.397 e. The third-order valence-corrected chi connectivity index (χ3v) is 1.72. The first-order valence-corrected chi connectivity index (χ1v) is 4.87. The predicted molar refractivity (Wildman–Crippen MR) is 53.7 cm³/mol. The van der Waals surface area contributed by atoms with Gasteiger partial charge in [0.15, 0.2) is 0 Å². The molecule has 0 rings (SSSR count). The number of hydrogen-bond donors (Lipinski definition) is 0. The molecule has 0 heterocycles. The highest BCUT2D eigenvalue weighted by molar-refractivity contribution is 6.32. The van der Waals surface area contributed by atoms with E-state index in [-0.39, 0.29) is 32.5 Å². The number of nitriles is 2. The molecule has 0 aromatic heterocycles. The standard InChI is InChI=1S/C10H13N3O3/c1-2-16-10(15)9(14)13(7-3-5-11)8-4-6-12/h2-4,7-8H2,1H3. The molecule has 6 nitrogen and oxygen atoms in total. The summed E-state index contributed by atoms with van der Waals surface area (Å²) in [6, 6.07) is 3.74. The molecule has 0 radical (unpaired) electrons. The van der Waals surface area contributed by atoms with Crippen LogP contribution in [0.5, 0.6) is 0 Å². The lowest BCUT2D eigenvalue weighted by Gasteiger charge is -2.18. The van der Waals surface area contributed by atoms with Gasteiger partial charge in [0.05, 0.1) is 31.6 Å². The summed E-state index contributed by atoms with van der Waals surface area (Å²) in [7, 11) is 0. The van der Waals surface area contributed by atoms with Crippen molar-refractivity contribution in [3.63, 3.8) is 0 Å². The number of ether oxygens (including phenoxy) is 1. The Hall–Kier alpha value is -2.08. The Labute approximate surface area is 94.0 Å². The van der Waals surface area contributed by atoms with E-state index in [1.165, 1.54) is 0 Å².